The molecule has 5 amide bonds. The number of amides is 5. The number of carbonyl (C=O) groups is 5. The minimum atomic E-state index is -1.96. The smallest absolute Gasteiger partial charge is 0.254 e. The molecule has 11 heteroatoms. The maximum atomic E-state index is 13.7. The van der Waals surface area contributed by atoms with Crippen LogP contribution in [0.15, 0.2) is 12.2 Å². The Hall–Kier alpha value is -2.82. The topological polar surface area (TPSA) is 133 Å². The van der Waals surface area contributed by atoms with Crippen molar-refractivity contribution in [1.82, 2.24) is 20.4 Å². The first-order valence-corrected chi connectivity index (χ1v) is 14.6. The highest BCUT2D eigenvalue weighted by molar-refractivity contribution is 6.77. The summed E-state index contributed by atoms with van der Waals surface area (Å²) in [5.41, 5.74) is -0.243. The van der Waals surface area contributed by atoms with Gasteiger partial charge in [-0.05, 0) is 19.8 Å². The average molecular weight is 480 g/mol. The Morgan fingerprint density at radius 1 is 1.06 bits per heavy atom. The molecule has 0 saturated heterocycles. The van der Waals surface area contributed by atoms with Gasteiger partial charge >= 0.3 is 0 Å². The molecule has 10 nitrogen and oxygen atoms in total. The van der Waals surface area contributed by atoms with Gasteiger partial charge in [0.05, 0.1) is 8.07 Å². The summed E-state index contributed by atoms with van der Waals surface area (Å²) in [6, 6.07) is -1.80. The summed E-state index contributed by atoms with van der Waals surface area (Å²) in [5.74, 6) is -2.97. The lowest BCUT2D eigenvalue weighted by molar-refractivity contribution is -0.145. The Morgan fingerprint density at radius 2 is 1.61 bits per heavy atom. The summed E-state index contributed by atoms with van der Waals surface area (Å²) in [6.45, 7) is 12.9. The third-order valence-corrected chi connectivity index (χ3v) is 8.48. The maximum Gasteiger partial charge on any atom is 0.254 e. The van der Waals surface area contributed by atoms with Gasteiger partial charge in [0.15, 0.2) is 6.29 Å². The number of hydrogen-bond donors (Lipinski definition) is 2. The molecule has 0 bridgehead atoms. The standard InChI is InChI=1S/C22H35N4O6Si/c1-14(2)20(24-17(28)13-25-18(29)9-10-19(25)30)22(32)26(16(4)33(5,6)7)15(3)21(31)23-11-8-12-27/h9-10,14-16,20H,8,11,13H2,1-7H3,(H,23,31)(H,24,28)/t15-,16?,20-/m0/s1. The quantitative estimate of drug-likeness (QED) is 0.233. The summed E-state index contributed by atoms with van der Waals surface area (Å²) in [4.78, 5) is 75.3. The first-order chi connectivity index (χ1) is 15.2. The van der Waals surface area contributed by atoms with Gasteiger partial charge in [0.1, 0.15) is 18.6 Å². The van der Waals surface area contributed by atoms with Crippen LogP contribution in [0.5, 0.6) is 0 Å². The second-order valence-electron chi connectivity index (χ2n) is 9.53. The number of rotatable bonds is 12. The highest BCUT2D eigenvalue weighted by Crippen LogP contribution is 2.21. The zero-order valence-corrected chi connectivity index (χ0v) is 21.4. The molecule has 0 aliphatic carbocycles. The van der Waals surface area contributed by atoms with Crippen molar-refractivity contribution in [3.63, 3.8) is 0 Å². The van der Waals surface area contributed by atoms with Crippen LogP contribution in [0.4, 0.5) is 0 Å². The second kappa shape index (κ2) is 11.9. The van der Waals surface area contributed by atoms with Gasteiger partial charge in [0, 0.05) is 30.8 Å². The molecular weight excluding hydrogens is 444 g/mol. The van der Waals surface area contributed by atoms with Crippen LogP contribution in [0.2, 0.25) is 19.6 Å². The van der Waals surface area contributed by atoms with Crippen LogP contribution < -0.4 is 10.6 Å². The number of nitrogens with zero attached hydrogens (tertiary/aromatic N) is 2. The Balaban J connectivity index is 3.12. The zero-order chi connectivity index (χ0) is 25.5. The van der Waals surface area contributed by atoms with Gasteiger partial charge in [-0.15, -0.1) is 0 Å². The van der Waals surface area contributed by atoms with E-state index in [1.165, 1.54) is 4.90 Å². The van der Waals surface area contributed by atoms with Gasteiger partial charge in [-0.1, -0.05) is 33.5 Å². The normalized spacial score (nSPS) is 16.4. The van der Waals surface area contributed by atoms with E-state index in [1.54, 1.807) is 27.1 Å². The predicted molar refractivity (Wildman–Crippen MR) is 125 cm³/mol. The first-order valence-electron chi connectivity index (χ1n) is 11.0. The molecular formula is C22H35N4O6Si. The SMILES string of the molecule is CC(C)[C@H](NC(=O)CN1C(=O)C=CC1=O)C(=O)N(C(C)[Si](C)(C)C)[C@@H](C)C(=O)NCC[C]=O. The molecule has 2 N–H and O–H groups in total. The molecule has 0 aromatic heterocycles. The van der Waals surface area contributed by atoms with Gasteiger partial charge in [-0.2, -0.15) is 0 Å². The molecule has 1 aliphatic heterocycles. The summed E-state index contributed by atoms with van der Waals surface area (Å²) >= 11 is 0. The van der Waals surface area contributed by atoms with Crippen LogP contribution in [-0.4, -0.2) is 84.5 Å². The van der Waals surface area contributed by atoms with E-state index in [0.717, 1.165) is 17.1 Å². The lowest BCUT2D eigenvalue weighted by atomic mass is 10.0. The third-order valence-electron chi connectivity index (χ3n) is 5.70. The molecule has 0 spiro atoms. The van der Waals surface area contributed by atoms with Crippen LogP contribution in [0, 0.1) is 5.92 Å². The van der Waals surface area contributed by atoms with Crippen molar-refractivity contribution in [3.8, 4) is 0 Å². The van der Waals surface area contributed by atoms with Gasteiger partial charge in [0.2, 0.25) is 17.7 Å². The van der Waals surface area contributed by atoms with Crippen molar-refractivity contribution in [2.45, 2.75) is 71.5 Å². The monoisotopic (exact) mass is 479 g/mol. The Kier molecular flexibility index (Phi) is 10.1. The zero-order valence-electron chi connectivity index (χ0n) is 20.4. The number of hydrogen-bond acceptors (Lipinski definition) is 6. The summed E-state index contributed by atoms with van der Waals surface area (Å²) < 4.78 is 0. The number of nitrogens with one attached hydrogen (secondary N) is 2. The van der Waals surface area contributed by atoms with Crippen molar-refractivity contribution < 1.29 is 28.8 Å². The van der Waals surface area contributed by atoms with Crippen molar-refractivity contribution in [2.75, 3.05) is 13.1 Å². The van der Waals surface area contributed by atoms with E-state index in [4.69, 9.17) is 0 Å². The fourth-order valence-corrected chi connectivity index (χ4v) is 4.45. The summed E-state index contributed by atoms with van der Waals surface area (Å²) in [6.07, 6.45) is 3.92. The fraction of sp³-hybridized carbons (Fsp3) is 0.636. The Bertz CT molecular complexity index is 802. The van der Waals surface area contributed by atoms with E-state index in [-0.39, 0.29) is 24.5 Å². The van der Waals surface area contributed by atoms with E-state index >= 15 is 0 Å². The van der Waals surface area contributed by atoms with Crippen LogP contribution in [0.25, 0.3) is 0 Å². The summed E-state index contributed by atoms with van der Waals surface area (Å²) in [5, 5.41) is 5.28. The number of carbonyl (C=O) groups excluding carboxylic acids is 6. The highest BCUT2D eigenvalue weighted by atomic mass is 28.3. The lowest BCUT2D eigenvalue weighted by Crippen LogP contribution is -2.63. The molecule has 1 aliphatic rings. The van der Waals surface area contributed by atoms with Gasteiger partial charge in [-0.3, -0.25) is 33.7 Å². The molecule has 0 fully saturated rings. The van der Waals surface area contributed by atoms with Crippen molar-refractivity contribution in [3.05, 3.63) is 12.2 Å². The van der Waals surface area contributed by atoms with Crippen LogP contribution in [0.3, 0.4) is 0 Å². The molecule has 1 rings (SSSR count). The largest absolute Gasteiger partial charge is 0.354 e. The van der Waals surface area contributed by atoms with Gasteiger partial charge < -0.3 is 15.5 Å². The van der Waals surface area contributed by atoms with Crippen molar-refractivity contribution >= 4 is 43.9 Å². The molecule has 0 aromatic rings. The lowest BCUT2D eigenvalue weighted by Gasteiger charge is -2.42. The second-order valence-corrected chi connectivity index (χ2v) is 15.1. The minimum absolute atomic E-state index is 0.0451. The third kappa shape index (κ3) is 7.62. The van der Waals surface area contributed by atoms with E-state index in [2.05, 4.69) is 30.3 Å². The molecule has 3 atom stereocenters. The molecule has 1 heterocycles. The van der Waals surface area contributed by atoms with E-state index in [9.17, 15) is 28.8 Å². The van der Waals surface area contributed by atoms with Crippen LogP contribution in [0.1, 0.15) is 34.1 Å². The van der Waals surface area contributed by atoms with E-state index in [0.29, 0.717) is 0 Å². The average Bonchev–Trinajstić information content (AvgIpc) is 3.02. The van der Waals surface area contributed by atoms with Crippen LogP contribution >= 0.6 is 0 Å². The fourth-order valence-electron chi connectivity index (χ4n) is 3.27. The van der Waals surface area contributed by atoms with E-state index in [1.807, 2.05) is 6.92 Å². The molecule has 0 saturated carbocycles. The highest BCUT2D eigenvalue weighted by Gasteiger charge is 2.41. The molecule has 33 heavy (non-hydrogen) atoms. The van der Waals surface area contributed by atoms with Crippen molar-refractivity contribution in [1.29, 1.82) is 0 Å². The Labute approximate surface area is 196 Å². The Morgan fingerprint density at radius 3 is 2.06 bits per heavy atom. The molecule has 1 radical (unpaired) electrons. The van der Waals surface area contributed by atoms with Crippen LogP contribution in [-0.2, 0) is 28.8 Å². The first kappa shape index (κ1) is 28.2. The molecule has 0 aromatic carbocycles. The molecule has 183 valence electrons. The van der Waals surface area contributed by atoms with Gasteiger partial charge in [0.25, 0.3) is 11.8 Å². The maximum absolute atomic E-state index is 13.7. The number of imide groups is 1. The van der Waals surface area contributed by atoms with E-state index < -0.39 is 56.2 Å². The predicted octanol–water partition coefficient (Wildman–Crippen LogP) is 0.151. The van der Waals surface area contributed by atoms with Crippen molar-refractivity contribution in [2.24, 2.45) is 5.92 Å². The minimum Gasteiger partial charge on any atom is -0.354 e. The molecule has 1 unspecified atom stereocenters. The van der Waals surface area contributed by atoms with Gasteiger partial charge in [-0.25, -0.2) is 0 Å². The summed E-state index contributed by atoms with van der Waals surface area (Å²) in [7, 11) is -1.96.